The number of imidazole rings is 1. The van der Waals surface area contributed by atoms with Gasteiger partial charge in [-0.3, -0.25) is 9.91 Å². The lowest BCUT2D eigenvalue weighted by molar-refractivity contribution is -0.0229. The highest BCUT2D eigenvalue weighted by Gasteiger charge is 2.34. The highest BCUT2D eigenvalue weighted by atomic mass is 16.2. The van der Waals surface area contributed by atoms with Gasteiger partial charge in [0.25, 0.3) is 0 Å². The smallest absolute Gasteiger partial charge is 0.296 e. The van der Waals surface area contributed by atoms with Gasteiger partial charge in [-0.2, -0.15) is 0 Å². The van der Waals surface area contributed by atoms with Gasteiger partial charge in [-0.25, -0.2) is 19.4 Å². The van der Waals surface area contributed by atoms with Crippen molar-refractivity contribution < 1.29 is 4.79 Å². The number of hydrazine groups is 1. The molecule has 0 aliphatic carbocycles. The van der Waals surface area contributed by atoms with Crippen molar-refractivity contribution in [1.82, 2.24) is 24.5 Å². The monoisotopic (exact) mass is 325 g/mol. The van der Waals surface area contributed by atoms with E-state index in [1.54, 1.807) is 4.57 Å². The zero-order valence-corrected chi connectivity index (χ0v) is 14.1. The van der Waals surface area contributed by atoms with Crippen molar-refractivity contribution in [3.8, 4) is 0 Å². The van der Waals surface area contributed by atoms with Crippen LogP contribution in [0, 0.1) is 0 Å². The molecule has 0 unspecified atom stereocenters. The third-order valence-electron chi connectivity index (χ3n) is 4.89. The summed E-state index contributed by atoms with van der Waals surface area (Å²) < 4.78 is 1.77. The molecule has 0 spiro atoms. The Bertz CT molecular complexity index is 718. The summed E-state index contributed by atoms with van der Waals surface area (Å²) in [6, 6.07) is 10.6. The minimum absolute atomic E-state index is 0.0517. The predicted octanol–water partition coefficient (Wildman–Crippen LogP) is 1.96. The molecule has 6 nitrogen and oxygen atoms in total. The van der Waals surface area contributed by atoms with Crippen LogP contribution in [0.3, 0.4) is 0 Å². The van der Waals surface area contributed by atoms with Gasteiger partial charge >= 0.3 is 6.03 Å². The number of hydrogen-bond donors (Lipinski definition) is 0. The zero-order valence-electron chi connectivity index (χ0n) is 14.1. The molecule has 0 saturated carbocycles. The van der Waals surface area contributed by atoms with Crippen molar-refractivity contribution in [1.29, 1.82) is 0 Å². The summed E-state index contributed by atoms with van der Waals surface area (Å²) >= 11 is 0. The number of carbonyl (C=O) groups is 1. The van der Waals surface area contributed by atoms with Crippen LogP contribution in [0.25, 0.3) is 0 Å². The first-order valence-corrected chi connectivity index (χ1v) is 8.64. The van der Waals surface area contributed by atoms with E-state index in [4.69, 9.17) is 0 Å². The van der Waals surface area contributed by atoms with Crippen LogP contribution in [-0.4, -0.2) is 56.7 Å². The maximum atomic E-state index is 12.7. The molecule has 6 heteroatoms. The Morgan fingerprint density at radius 2 is 1.83 bits per heavy atom. The van der Waals surface area contributed by atoms with Crippen molar-refractivity contribution in [2.75, 3.05) is 26.2 Å². The topological polar surface area (TPSA) is 44.6 Å². The molecular formula is C18H23N5O. The fourth-order valence-corrected chi connectivity index (χ4v) is 3.56. The second-order valence-corrected chi connectivity index (χ2v) is 6.41. The predicted molar refractivity (Wildman–Crippen MR) is 91.2 cm³/mol. The molecule has 1 aromatic heterocycles. The van der Waals surface area contributed by atoms with E-state index in [9.17, 15) is 4.79 Å². The minimum atomic E-state index is 0.0517. The highest BCUT2D eigenvalue weighted by molar-refractivity contribution is 5.80. The average molecular weight is 325 g/mol. The van der Waals surface area contributed by atoms with Crippen LogP contribution in [-0.2, 0) is 19.5 Å². The normalized spacial score (nSPS) is 19.0. The standard InChI is InChI=1S/C18H23N5O/c1-2-17-19-12-16-14-22(18(24)23(16)17)21-10-8-20(9-11-21)13-15-6-4-3-5-7-15/h3-7,12H,2,8-11,13-14H2,1H3. The Morgan fingerprint density at radius 1 is 1.08 bits per heavy atom. The van der Waals surface area contributed by atoms with Gasteiger partial charge in [0.2, 0.25) is 0 Å². The number of aryl methyl sites for hydroxylation is 1. The number of fused-ring (bicyclic) bond motifs is 1. The molecule has 0 N–H and O–H groups in total. The van der Waals surface area contributed by atoms with E-state index < -0.39 is 0 Å². The zero-order chi connectivity index (χ0) is 16.5. The minimum Gasteiger partial charge on any atom is -0.296 e. The van der Waals surface area contributed by atoms with Crippen LogP contribution >= 0.6 is 0 Å². The van der Waals surface area contributed by atoms with Gasteiger partial charge < -0.3 is 0 Å². The number of aromatic nitrogens is 2. The fourth-order valence-electron chi connectivity index (χ4n) is 3.56. The van der Waals surface area contributed by atoms with E-state index in [0.717, 1.165) is 50.7 Å². The molecule has 2 aliphatic rings. The van der Waals surface area contributed by atoms with Crippen LogP contribution in [0.15, 0.2) is 36.5 Å². The lowest BCUT2D eigenvalue weighted by Gasteiger charge is -2.38. The molecule has 3 heterocycles. The van der Waals surface area contributed by atoms with Crippen molar-refractivity contribution in [3.63, 3.8) is 0 Å². The van der Waals surface area contributed by atoms with Crippen LogP contribution in [0.4, 0.5) is 4.79 Å². The number of benzene rings is 1. The van der Waals surface area contributed by atoms with E-state index in [0.29, 0.717) is 6.54 Å². The summed E-state index contributed by atoms with van der Waals surface area (Å²) in [5, 5.41) is 4.08. The molecule has 0 atom stereocenters. The summed E-state index contributed by atoms with van der Waals surface area (Å²) in [5.41, 5.74) is 2.35. The summed E-state index contributed by atoms with van der Waals surface area (Å²) in [6.07, 6.45) is 2.62. The van der Waals surface area contributed by atoms with Gasteiger partial charge in [0, 0.05) is 39.1 Å². The molecule has 1 fully saturated rings. The van der Waals surface area contributed by atoms with Crippen molar-refractivity contribution in [2.24, 2.45) is 0 Å². The molecule has 2 aliphatic heterocycles. The lowest BCUT2D eigenvalue weighted by Crippen LogP contribution is -2.53. The first kappa shape index (κ1) is 15.4. The van der Waals surface area contributed by atoms with Gasteiger partial charge in [-0.1, -0.05) is 37.3 Å². The van der Waals surface area contributed by atoms with Crippen LogP contribution < -0.4 is 0 Å². The Labute approximate surface area is 142 Å². The SMILES string of the molecule is CCc1ncc2n1C(=O)N(N1CCN(Cc3ccccc3)CC1)C2. The molecule has 0 radical (unpaired) electrons. The summed E-state index contributed by atoms with van der Waals surface area (Å²) in [4.78, 5) is 19.5. The van der Waals surface area contributed by atoms with Crippen LogP contribution in [0.2, 0.25) is 0 Å². The third kappa shape index (κ3) is 2.72. The number of rotatable bonds is 4. The number of hydrogen-bond acceptors (Lipinski definition) is 4. The molecule has 1 saturated heterocycles. The summed E-state index contributed by atoms with van der Waals surface area (Å²) in [7, 11) is 0. The van der Waals surface area contributed by atoms with Gasteiger partial charge in [0.15, 0.2) is 0 Å². The lowest BCUT2D eigenvalue weighted by atomic mass is 10.2. The molecular weight excluding hydrogens is 302 g/mol. The Balaban J connectivity index is 1.37. The van der Waals surface area contributed by atoms with Crippen LogP contribution in [0.5, 0.6) is 0 Å². The molecule has 0 bridgehead atoms. The highest BCUT2D eigenvalue weighted by Crippen LogP contribution is 2.22. The first-order valence-electron chi connectivity index (χ1n) is 8.64. The van der Waals surface area contributed by atoms with Gasteiger partial charge in [0.1, 0.15) is 5.82 Å². The maximum Gasteiger partial charge on any atom is 0.344 e. The van der Waals surface area contributed by atoms with E-state index in [-0.39, 0.29) is 6.03 Å². The van der Waals surface area contributed by atoms with E-state index in [1.807, 2.05) is 18.1 Å². The maximum absolute atomic E-state index is 12.7. The second-order valence-electron chi connectivity index (χ2n) is 6.41. The molecule has 24 heavy (non-hydrogen) atoms. The van der Waals surface area contributed by atoms with Crippen molar-refractivity contribution >= 4 is 6.03 Å². The summed E-state index contributed by atoms with van der Waals surface area (Å²) in [5.74, 6) is 0.861. The molecule has 1 aromatic carbocycles. The summed E-state index contributed by atoms with van der Waals surface area (Å²) in [6.45, 7) is 7.39. The number of nitrogens with zero attached hydrogens (tertiary/aromatic N) is 5. The van der Waals surface area contributed by atoms with Gasteiger partial charge in [-0.15, -0.1) is 0 Å². The molecule has 1 amide bonds. The van der Waals surface area contributed by atoms with E-state index in [2.05, 4.69) is 45.2 Å². The fraction of sp³-hybridized carbons (Fsp3) is 0.444. The number of piperazine rings is 1. The largest absolute Gasteiger partial charge is 0.344 e. The van der Waals surface area contributed by atoms with Crippen LogP contribution in [0.1, 0.15) is 24.0 Å². The second kappa shape index (κ2) is 6.37. The quantitative estimate of drug-likeness (QED) is 0.862. The third-order valence-corrected chi connectivity index (χ3v) is 4.89. The van der Waals surface area contributed by atoms with E-state index >= 15 is 0 Å². The van der Waals surface area contributed by atoms with Gasteiger partial charge in [-0.05, 0) is 5.56 Å². The molecule has 126 valence electrons. The van der Waals surface area contributed by atoms with Crippen molar-refractivity contribution in [2.45, 2.75) is 26.4 Å². The Morgan fingerprint density at radius 3 is 2.54 bits per heavy atom. The Kier molecular flexibility index (Phi) is 4.08. The first-order chi connectivity index (χ1) is 11.8. The number of amides is 1. The number of carbonyl (C=O) groups excluding carboxylic acids is 1. The van der Waals surface area contributed by atoms with Gasteiger partial charge in [0.05, 0.1) is 18.4 Å². The molecule has 4 rings (SSSR count). The average Bonchev–Trinajstić information content (AvgIpc) is 3.17. The van der Waals surface area contributed by atoms with E-state index in [1.165, 1.54) is 5.56 Å². The Hall–Kier alpha value is -2.18. The van der Waals surface area contributed by atoms with Crippen molar-refractivity contribution in [3.05, 3.63) is 53.6 Å². The molecule has 2 aromatic rings.